The lowest BCUT2D eigenvalue weighted by Crippen LogP contribution is -1.59. The van der Waals surface area contributed by atoms with Crippen LogP contribution in [0.1, 0.15) is 0 Å². The second-order valence-electron chi connectivity index (χ2n) is 1.91. The van der Waals surface area contributed by atoms with Crippen LogP contribution >= 0.6 is 0 Å². The summed E-state index contributed by atoms with van der Waals surface area (Å²) in [5.41, 5.74) is 0. The van der Waals surface area contributed by atoms with Crippen LogP contribution in [0.5, 0.6) is 0 Å². The summed E-state index contributed by atoms with van der Waals surface area (Å²) in [6, 6.07) is 12.9. The van der Waals surface area contributed by atoms with Crippen LogP contribution in [0.4, 0.5) is 0 Å². The van der Waals surface area contributed by atoms with Gasteiger partial charge in [-0.1, -0.05) is 12.1 Å². The summed E-state index contributed by atoms with van der Waals surface area (Å²) in [6.07, 6.45) is 6.69. The smallest absolute Gasteiger partial charge is 0.0346 e. The summed E-state index contributed by atoms with van der Waals surface area (Å²) in [6.45, 7) is 0. The van der Waals surface area contributed by atoms with E-state index >= 15 is 0 Å². The number of aromatic nitrogens is 2. The number of pyridine rings is 2. The monoisotopic (exact) mass is 174 g/mol. The molecule has 3 heteroatoms. The molecule has 0 aliphatic heterocycles. The highest BCUT2D eigenvalue weighted by atomic mass is 16.0. The van der Waals surface area contributed by atoms with Crippen molar-refractivity contribution in [3.63, 3.8) is 0 Å². The molecule has 0 aliphatic rings. The van der Waals surface area contributed by atoms with Crippen molar-refractivity contribution in [3.05, 3.63) is 61.2 Å². The van der Waals surface area contributed by atoms with E-state index in [1.54, 1.807) is 24.8 Å². The van der Waals surface area contributed by atoms with Gasteiger partial charge in [-0.05, 0) is 12.1 Å². The van der Waals surface area contributed by atoms with Crippen molar-refractivity contribution in [2.75, 3.05) is 0 Å². The average Bonchev–Trinajstić information content (AvgIpc) is 2.24. The highest BCUT2D eigenvalue weighted by molar-refractivity contribution is 4.86. The van der Waals surface area contributed by atoms with Gasteiger partial charge in [0.2, 0.25) is 0 Å². The molecule has 2 N–H and O–H groups in total. The normalized spacial score (nSPS) is 7.38. The fourth-order valence-corrected chi connectivity index (χ4v) is 0.555. The molecule has 2 heterocycles. The van der Waals surface area contributed by atoms with Crippen LogP contribution in [0.15, 0.2) is 49.1 Å². The first-order valence-corrected chi connectivity index (χ1v) is 3.52. The standard InChI is InChI=1S/2C5H4N.H2O/c2*1-2-4-6-5-3-1;/h2*1-2,4-5H;1H2. The molecule has 0 aliphatic carbocycles. The molecule has 0 bridgehead atoms. The van der Waals surface area contributed by atoms with Crippen LogP contribution in [-0.2, 0) is 0 Å². The summed E-state index contributed by atoms with van der Waals surface area (Å²) < 4.78 is 0. The van der Waals surface area contributed by atoms with E-state index < -0.39 is 0 Å². The predicted octanol–water partition coefficient (Wildman–Crippen LogP) is 0.939. The lowest BCUT2D eigenvalue weighted by Gasteiger charge is -1.69. The summed E-state index contributed by atoms with van der Waals surface area (Å²) in [5.74, 6) is 0. The third-order valence-corrected chi connectivity index (χ3v) is 1.03. The summed E-state index contributed by atoms with van der Waals surface area (Å²) in [7, 11) is 0. The molecule has 13 heavy (non-hydrogen) atoms. The van der Waals surface area contributed by atoms with E-state index in [0.29, 0.717) is 0 Å². The zero-order valence-corrected chi connectivity index (χ0v) is 7.01. The van der Waals surface area contributed by atoms with Crippen LogP contribution in [0.3, 0.4) is 0 Å². The Hall–Kier alpha value is -1.74. The second-order valence-corrected chi connectivity index (χ2v) is 1.91. The molecule has 0 amide bonds. The van der Waals surface area contributed by atoms with Crippen molar-refractivity contribution in [3.8, 4) is 0 Å². The Bertz CT molecular complexity index is 188. The highest BCUT2D eigenvalue weighted by Crippen LogP contribution is 1.72. The van der Waals surface area contributed by atoms with Crippen LogP contribution < -0.4 is 0 Å². The zero-order chi connectivity index (χ0) is 8.49. The Balaban J connectivity index is 0.000000206. The average molecular weight is 174 g/mol. The summed E-state index contributed by atoms with van der Waals surface area (Å²) in [5, 5.41) is 0. The number of nitrogens with zero attached hydrogens (tertiary/aromatic N) is 2. The molecule has 0 atom stereocenters. The SMILES string of the molecule is O.[c]1cccnc1.[c]1cccnc1. The van der Waals surface area contributed by atoms with E-state index in [1.807, 2.05) is 24.3 Å². The van der Waals surface area contributed by atoms with Gasteiger partial charge in [0.1, 0.15) is 0 Å². The van der Waals surface area contributed by atoms with Gasteiger partial charge in [-0.2, -0.15) is 0 Å². The van der Waals surface area contributed by atoms with Gasteiger partial charge in [-0.15, -0.1) is 0 Å². The van der Waals surface area contributed by atoms with Crippen LogP contribution in [0.2, 0.25) is 0 Å². The zero-order valence-electron chi connectivity index (χ0n) is 7.01. The van der Waals surface area contributed by atoms with E-state index in [1.165, 1.54) is 0 Å². The van der Waals surface area contributed by atoms with E-state index in [0.717, 1.165) is 0 Å². The first-order valence-electron chi connectivity index (χ1n) is 3.52. The molecule has 2 rings (SSSR count). The van der Waals surface area contributed by atoms with Crippen molar-refractivity contribution >= 4 is 0 Å². The van der Waals surface area contributed by atoms with E-state index in [2.05, 4.69) is 22.1 Å². The molecule has 2 aromatic rings. The Morgan fingerprint density at radius 1 is 0.769 bits per heavy atom. The lowest BCUT2D eigenvalue weighted by molar-refractivity contribution is 0.824. The molecule has 0 unspecified atom stereocenters. The first-order chi connectivity index (χ1) is 6.00. The first kappa shape index (κ1) is 11.3. The van der Waals surface area contributed by atoms with E-state index in [-0.39, 0.29) is 5.48 Å². The van der Waals surface area contributed by atoms with Gasteiger partial charge in [0.15, 0.2) is 0 Å². The third kappa shape index (κ3) is 6.65. The van der Waals surface area contributed by atoms with Gasteiger partial charge >= 0.3 is 0 Å². The van der Waals surface area contributed by atoms with Gasteiger partial charge in [-0.3, -0.25) is 9.97 Å². The van der Waals surface area contributed by atoms with Crippen molar-refractivity contribution in [1.82, 2.24) is 9.97 Å². The Labute approximate surface area is 77.4 Å². The minimum atomic E-state index is 0. The summed E-state index contributed by atoms with van der Waals surface area (Å²) in [4.78, 5) is 7.46. The number of rotatable bonds is 0. The maximum absolute atomic E-state index is 3.73. The molecule has 2 radical (unpaired) electrons. The van der Waals surface area contributed by atoms with Crippen LogP contribution in [0, 0.1) is 12.1 Å². The van der Waals surface area contributed by atoms with Gasteiger partial charge in [0.25, 0.3) is 0 Å². The van der Waals surface area contributed by atoms with Gasteiger partial charge in [-0.25, -0.2) is 0 Å². The molecule has 2 aromatic heterocycles. The topological polar surface area (TPSA) is 57.3 Å². The fraction of sp³-hybridized carbons (Fsp3) is 0. The molecule has 0 spiro atoms. The second kappa shape index (κ2) is 8.36. The number of hydrogen-bond acceptors (Lipinski definition) is 2. The van der Waals surface area contributed by atoms with Crippen molar-refractivity contribution in [2.45, 2.75) is 0 Å². The number of hydrogen-bond donors (Lipinski definition) is 0. The molecule has 3 nitrogen and oxygen atoms in total. The molecular weight excluding hydrogens is 164 g/mol. The van der Waals surface area contributed by atoms with Crippen LogP contribution in [-0.4, -0.2) is 15.4 Å². The van der Waals surface area contributed by atoms with Gasteiger partial charge in [0, 0.05) is 36.9 Å². The summed E-state index contributed by atoms with van der Waals surface area (Å²) >= 11 is 0. The Morgan fingerprint density at radius 2 is 1.23 bits per heavy atom. The molecule has 0 aromatic carbocycles. The Kier molecular flexibility index (Phi) is 7.24. The largest absolute Gasteiger partial charge is 0.412 e. The van der Waals surface area contributed by atoms with Crippen molar-refractivity contribution in [1.29, 1.82) is 0 Å². The van der Waals surface area contributed by atoms with Crippen LogP contribution in [0.25, 0.3) is 0 Å². The quantitative estimate of drug-likeness (QED) is 0.596. The van der Waals surface area contributed by atoms with Gasteiger partial charge < -0.3 is 5.48 Å². The molecule has 66 valence electrons. The highest BCUT2D eigenvalue weighted by Gasteiger charge is 1.60. The molecular formula is C10H10N2O. The minimum Gasteiger partial charge on any atom is -0.412 e. The van der Waals surface area contributed by atoms with Crippen molar-refractivity contribution < 1.29 is 5.48 Å². The lowest BCUT2D eigenvalue weighted by atomic mass is 10.5. The minimum absolute atomic E-state index is 0. The van der Waals surface area contributed by atoms with E-state index in [4.69, 9.17) is 0 Å². The maximum Gasteiger partial charge on any atom is 0.0346 e. The van der Waals surface area contributed by atoms with Gasteiger partial charge in [0.05, 0.1) is 0 Å². The van der Waals surface area contributed by atoms with E-state index in [9.17, 15) is 0 Å². The molecule has 0 saturated heterocycles. The van der Waals surface area contributed by atoms with Crippen molar-refractivity contribution in [2.24, 2.45) is 0 Å². The third-order valence-electron chi connectivity index (χ3n) is 1.03. The fourth-order valence-electron chi connectivity index (χ4n) is 0.555. The molecule has 0 saturated carbocycles. The predicted molar refractivity (Wildman–Crippen MR) is 49.8 cm³/mol. The molecule has 0 fully saturated rings. The Morgan fingerprint density at radius 3 is 1.31 bits per heavy atom. The maximum atomic E-state index is 3.73.